The minimum Gasteiger partial charge on any atom is -0.494 e. The molecule has 0 aromatic heterocycles. The average Bonchev–Trinajstić information content (AvgIpc) is 2.82. The summed E-state index contributed by atoms with van der Waals surface area (Å²) in [5, 5.41) is 0. The number of aryl methyl sites for hydroxylation is 1. The van der Waals surface area contributed by atoms with Gasteiger partial charge in [-0.15, -0.1) is 0 Å². The zero-order valence-electron chi connectivity index (χ0n) is 19.2. The molecule has 6 heteroatoms. The Balaban J connectivity index is 1.39. The molecule has 34 heavy (non-hydrogen) atoms. The molecule has 0 radical (unpaired) electrons. The Bertz CT molecular complexity index is 1170. The molecule has 3 aromatic rings. The quantitative estimate of drug-likeness (QED) is 0.355. The first kappa shape index (κ1) is 23.9. The van der Waals surface area contributed by atoms with Crippen LogP contribution in [0, 0.1) is 24.4 Å². The van der Waals surface area contributed by atoms with Crippen LogP contribution in [0.2, 0.25) is 0 Å². The third-order valence-corrected chi connectivity index (χ3v) is 6.34. The van der Waals surface area contributed by atoms with Gasteiger partial charge in [-0.2, -0.15) is 0 Å². The number of ether oxygens (including phenoxy) is 2. The third kappa shape index (κ3) is 5.11. The summed E-state index contributed by atoms with van der Waals surface area (Å²) in [4.78, 5) is 12.6. The summed E-state index contributed by atoms with van der Waals surface area (Å²) in [6, 6.07) is 14.6. The smallest absolute Gasteiger partial charge is 0.341 e. The van der Waals surface area contributed by atoms with E-state index in [4.69, 9.17) is 9.47 Å². The molecular weight excluding hydrogens is 441 g/mol. The van der Waals surface area contributed by atoms with Crippen LogP contribution in [0.4, 0.5) is 13.2 Å². The lowest BCUT2D eigenvalue weighted by atomic mass is 9.82. The van der Waals surface area contributed by atoms with Gasteiger partial charge in [-0.1, -0.05) is 42.0 Å². The van der Waals surface area contributed by atoms with Crippen molar-refractivity contribution in [3.63, 3.8) is 0 Å². The van der Waals surface area contributed by atoms with Crippen molar-refractivity contribution >= 4 is 5.97 Å². The summed E-state index contributed by atoms with van der Waals surface area (Å²) in [6.45, 7) is 4.21. The maximum atomic E-state index is 14.7. The van der Waals surface area contributed by atoms with Gasteiger partial charge in [0.15, 0.2) is 11.6 Å². The van der Waals surface area contributed by atoms with E-state index in [9.17, 15) is 18.0 Å². The molecule has 0 saturated heterocycles. The van der Waals surface area contributed by atoms with Gasteiger partial charge in [-0.05, 0) is 68.7 Å². The second-order valence-corrected chi connectivity index (χ2v) is 8.65. The third-order valence-electron chi connectivity index (χ3n) is 6.34. The molecule has 0 amide bonds. The van der Waals surface area contributed by atoms with Crippen molar-refractivity contribution in [2.75, 3.05) is 6.61 Å². The van der Waals surface area contributed by atoms with Gasteiger partial charge in [0, 0.05) is 11.6 Å². The summed E-state index contributed by atoms with van der Waals surface area (Å²) in [6.07, 6.45) is 1.88. The fraction of sp³-hybridized carbons (Fsp3) is 0.321. The Hall–Kier alpha value is -3.28. The van der Waals surface area contributed by atoms with E-state index in [1.54, 1.807) is 24.3 Å². The molecule has 0 unspecified atom stereocenters. The van der Waals surface area contributed by atoms with Crippen molar-refractivity contribution in [1.82, 2.24) is 0 Å². The highest BCUT2D eigenvalue weighted by Gasteiger charge is 2.28. The highest BCUT2D eigenvalue weighted by atomic mass is 19.2. The number of esters is 1. The molecule has 4 rings (SSSR count). The molecule has 178 valence electrons. The van der Waals surface area contributed by atoms with Crippen molar-refractivity contribution < 1.29 is 27.4 Å². The molecule has 0 aliphatic heterocycles. The standard InChI is InChI=1S/C28H27F3O3/c1-3-33-21-12-13-22(25(29)16-21)18-8-10-20(11-9-18)34-28(32)24-15-14-23(26(30)27(24)31)19-6-4-17(2)5-7-19/h4-7,12-16,18,20H,3,8-11H2,1-2H3. The molecule has 3 aromatic carbocycles. The van der Waals surface area contributed by atoms with Crippen molar-refractivity contribution in [3.8, 4) is 16.9 Å². The fourth-order valence-corrected chi connectivity index (χ4v) is 4.47. The Morgan fingerprint density at radius 1 is 0.912 bits per heavy atom. The second kappa shape index (κ2) is 10.3. The summed E-state index contributed by atoms with van der Waals surface area (Å²) in [7, 11) is 0. The predicted octanol–water partition coefficient (Wildman–Crippen LogP) is 7.36. The van der Waals surface area contributed by atoms with Gasteiger partial charge >= 0.3 is 5.97 Å². The van der Waals surface area contributed by atoms with Crippen LogP contribution >= 0.6 is 0 Å². The molecular formula is C28H27F3O3. The number of benzene rings is 3. The molecule has 0 bridgehead atoms. The normalized spacial score (nSPS) is 17.9. The van der Waals surface area contributed by atoms with Crippen molar-refractivity contribution in [3.05, 3.63) is 88.7 Å². The van der Waals surface area contributed by atoms with Crippen molar-refractivity contribution in [2.45, 2.75) is 51.6 Å². The number of rotatable bonds is 6. The lowest BCUT2D eigenvalue weighted by Crippen LogP contribution is -2.25. The van der Waals surface area contributed by atoms with E-state index < -0.39 is 29.3 Å². The fourth-order valence-electron chi connectivity index (χ4n) is 4.47. The summed E-state index contributed by atoms with van der Waals surface area (Å²) < 4.78 is 54.7. The van der Waals surface area contributed by atoms with E-state index in [0.29, 0.717) is 49.2 Å². The summed E-state index contributed by atoms with van der Waals surface area (Å²) in [5.74, 6) is -2.98. The number of halogens is 3. The minimum absolute atomic E-state index is 0.00796. The van der Waals surface area contributed by atoms with Crippen LogP contribution < -0.4 is 4.74 Å². The van der Waals surface area contributed by atoms with Gasteiger partial charge in [-0.3, -0.25) is 0 Å². The lowest BCUT2D eigenvalue weighted by Gasteiger charge is -2.29. The Morgan fingerprint density at radius 3 is 2.26 bits per heavy atom. The number of hydrogen-bond acceptors (Lipinski definition) is 3. The highest BCUT2D eigenvalue weighted by molar-refractivity contribution is 5.90. The van der Waals surface area contributed by atoms with Crippen LogP contribution in [-0.2, 0) is 4.74 Å². The van der Waals surface area contributed by atoms with Gasteiger partial charge in [0.2, 0.25) is 0 Å². The minimum atomic E-state index is -1.21. The van der Waals surface area contributed by atoms with Crippen LogP contribution in [0.3, 0.4) is 0 Å². The topological polar surface area (TPSA) is 35.5 Å². The number of carbonyl (C=O) groups is 1. The zero-order valence-corrected chi connectivity index (χ0v) is 19.2. The molecule has 0 spiro atoms. The van der Waals surface area contributed by atoms with E-state index in [1.807, 2.05) is 26.0 Å². The maximum absolute atomic E-state index is 14.7. The molecule has 0 atom stereocenters. The first-order chi connectivity index (χ1) is 16.4. The second-order valence-electron chi connectivity index (χ2n) is 8.65. The van der Waals surface area contributed by atoms with Crippen LogP contribution in [0.25, 0.3) is 11.1 Å². The van der Waals surface area contributed by atoms with E-state index in [-0.39, 0.29) is 17.3 Å². The van der Waals surface area contributed by atoms with Crippen LogP contribution in [-0.4, -0.2) is 18.7 Å². The molecule has 1 aliphatic rings. The van der Waals surface area contributed by atoms with Gasteiger partial charge in [-0.25, -0.2) is 18.0 Å². The SMILES string of the molecule is CCOc1ccc(C2CCC(OC(=O)c3ccc(-c4ccc(C)cc4)c(F)c3F)CC2)c(F)c1. The number of hydrogen-bond donors (Lipinski definition) is 0. The van der Waals surface area contributed by atoms with E-state index in [1.165, 1.54) is 18.2 Å². The van der Waals surface area contributed by atoms with E-state index >= 15 is 0 Å². The maximum Gasteiger partial charge on any atom is 0.341 e. The summed E-state index contributed by atoms with van der Waals surface area (Å²) in [5.41, 5.74) is 1.82. The van der Waals surface area contributed by atoms with Crippen LogP contribution in [0.5, 0.6) is 5.75 Å². The predicted molar refractivity (Wildman–Crippen MR) is 125 cm³/mol. The first-order valence-electron chi connectivity index (χ1n) is 11.6. The lowest BCUT2D eigenvalue weighted by molar-refractivity contribution is 0.0188. The highest BCUT2D eigenvalue weighted by Crippen LogP contribution is 2.37. The molecule has 3 nitrogen and oxygen atoms in total. The average molecular weight is 469 g/mol. The van der Waals surface area contributed by atoms with Crippen LogP contribution in [0.1, 0.15) is 60.0 Å². The molecule has 1 saturated carbocycles. The zero-order chi connectivity index (χ0) is 24.2. The van der Waals surface area contributed by atoms with Gasteiger partial charge < -0.3 is 9.47 Å². The van der Waals surface area contributed by atoms with E-state index in [2.05, 4.69) is 0 Å². The van der Waals surface area contributed by atoms with Gasteiger partial charge in [0.05, 0.1) is 12.2 Å². The van der Waals surface area contributed by atoms with Gasteiger partial charge in [0.1, 0.15) is 17.7 Å². The monoisotopic (exact) mass is 468 g/mol. The first-order valence-corrected chi connectivity index (χ1v) is 11.6. The molecule has 1 fully saturated rings. The molecule has 0 N–H and O–H groups in total. The largest absolute Gasteiger partial charge is 0.494 e. The Kier molecular flexibility index (Phi) is 7.25. The van der Waals surface area contributed by atoms with E-state index in [0.717, 1.165) is 5.56 Å². The summed E-state index contributed by atoms with van der Waals surface area (Å²) >= 11 is 0. The molecule has 0 heterocycles. The molecule has 1 aliphatic carbocycles. The number of carbonyl (C=O) groups excluding carboxylic acids is 1. The van der Waals surface area contributed by atoms with Crippen molar-refractivity contribution in [1.29, 1.82) is 0 Å². The Labute approximate surface area is 197 Å². The van der Waals surface area contributed by atoms with Crippen molar-refractivity contribution in [2.24, 2.45) is 0 Å². The Morgan fingerprint density at radius 2 is 1.62 bits per heavy atom. The van der Waals surface area contributed by atoms with Gasteiger partial charge in [0.25, 0.3) is 0 Å². The van der Waals surface area contributed by atoms with Crippen LogP contribution in [0.15, 0.2) is 54.6 Å².